The summed E-state index contributed by atoms with van der Waals surface area (Å²) < 4.78 is 5.66. The Hall–Kier alpha value is -1.66. The second-order valence-electron chi connectivity index (χ2n) is 7.10. The van der Waals surface area contributed by atoms with Gasteiger partial charge in [0.05, 0.1) is 6.10 Å². The highest BCUT2D eigenvalue weighted by atomic mass is 16.5. The van der Waals surface area contributed by atoms with E-state index in [4.69, 9.17) is 10.5 Å². The van der Waals surface area contributed by atoms with E-state index < -0.39 is 5.54 Å². The van der Waals surface area contributed by atoms with Gasteiger partial charge in [-0.05, 0) is 31.9 Å². The van der Waals surface area contributed by atoms with Crippen LogP contribution in [0.25, 0.3) is 0 Å². The molecular weight excluding hydrogens is 304 g/mol. The smallest absolute Gasteiger partial charge is 0.240 e. The van der Waals surface area contributed by atoms with Crippen molar-refractivity contribution < 1.29 is 9.53 Å². The number of carbonyl (C=O) groups is 1. The summed E-state index contributed by atoms with van der Waals surface area (Å²) in [6.45, 7) is 9.95. The van der Waals surface area contributed by atoms with Gasteiger partial charge in [-0.3, -0.25) is 4.79 Å². The van der Waals surface area contributed by atoms with Crippen LogP contribution in [-0.4, -0.2) is 42.2 Å². The van der Waals surface area contributed by atoms with Crippen molar-refractivity contribution in [1.82, 2.24) is 10.3 Å². The van der Waals surface area contributed by atoms with Gasteiger partial charge in [0, 0.05) is 37.7 Å². The summed E-state index contributed by atoms with van der Waals surface area (Å²) in [5, 5.41) is 6.20. The van der Waals surface area contributed by atoms with Crippen molar-refractivity contribution in [2.75, 3.05) is 25.0 Å². The zero-order chi connectivity index (χ0) is 17.8. The molecule has 6 heteroatoms. The summed E-state index contributed by atoms with van der Waals surface area (Å²) in [4.78, 5) is 16.7. The minimum Gasteiger partial charge on any atom is -0.378 e. The first-order chi connectivity index (χ1) is 11.3. The molecule has 1 amide bonds. The first-order valence-corrected chi connectivity index (χ1v) is 8.66. The lowest BCUT2D eigenvalue weighted by Gasteiger charge is -2.57. The third-order valence-corrected chi connectivity index (χ3v) is 5.09. The Kier molecular flexibility index (Phi) is 5.83. The molecule has 1 fully saturated rings. The Morgan fingerprint density at radius 1 is 1.42 bits per heavy atom. The average molecular weight is 334 g/mol. The molecule has 6 nitrogen and oxygen atoms in total. The third kappa shape index (κ3) is 3.70. The highest BCUT2D eigenvalue weighted by molar-refractivity contribution is 5.88. The lowest BCUT2D eigenvalue weighted by atomic mass is 9.54. The molecule has 134 valence electrons. The molecule has 0 spiro atoms. The van der Waals surface area contributed by atoms with Gasteiger partial charge in [-0.15, -0.1) is 0 Å². The first-order valence-electron chi connectivity index (χ1n) is 8.66. The predicted octanol–water partition coefficient (Wildman–Crippen LogP) is 1.84. The zero-order valence-corrected chi connectivity index (χ0v) is 15.2. The maximum Gasteiger partial charge on any atom is 0.240 e. The molecule has 1 aromatic heterocycles. The van der Waals surface area contributed by atoms with E-state index in [2.05, 4.69) is 15.6 Å². The van der Waals surface area contributed by atoms with E-state index in [9.17, 15) is 4.79 Å². The average Bonchev–Trinajstić information content (AvgIpc) is 2.55. The molecule has 1 heterocycles. The molecule has 1 aromatic rings. The van der Waals surface area contributed by atoms with Crippen LogP contribution in [0.1, 0.15) is 39.2 Å². The number of nitrogens with zero attached hydrogens (tertiary/aromatic N) is 1. The Morgan fingerprint density at radius 2 is 2.17 bits per heavy atom. The van der Waals surface area contributed by atoms with E-state index in [1.165, 1.54) is 0 Å². The Labute approximate surface area is 144 Å². The fraction of sp³-hybridized carbons (Fsp3) is 0.667. The van der Waals surface area contributed by atoms with Crippen LogP contribution in [-0.2, 0) is 9.53 Å². The van der Waals surface area contributed by atoms with Crippen molar-refractivity contribution >= 4 is 11.7 Å². The number of nitrogens with one attached hydrogen (secondary N) is 2. The Bertz CT molecular complexity index is 559. The maximum atomic E-state index is 12.5. The van der Waals surface area contributed by atoms with Crippen molar-refractivity contribution in [2.24, 2.45) is 11.1 Å². The summed E-state index contributed by atoms with van der Waals surface area (Å²) in [5.74, 6) is 0.763. The van der Waals surface area contributed by atoms with Gasteiger partial charge in [0.1, 0.15) is 11.4 Å². The second-order valence-corrected chi connectivity index (χ2v) is 7.10. The van der Waals surface area contributed by atoms with Gasteiger partial charge in [0.2, 0.25) is 5.91 Å². The number of hydrogen-bond donors (Lipinski definition) is 3. The van der Waals surface area contributed by atoms with Crippen molar-refractivity contribution in [1.29, 1.82) is 0 Å². The summed E-state index contributed by atoms with van der Waals surface area (Å²) in [6.07, 6.45) is 3.26. The number of ether oxygens (including phenoxy) is 1. The number of anilines is 1. The summed E-state index contributed by atoms with van der Waals surface area (Å²) >= 11 is 0. The number of carbonyl (C=O) groups excluding carboxylic acids is 1. The molecule has 2 rings (SSSR count). The summed E-state index contributed by atoms with van der Waals surface area (Å²) in [5.41, 5.74) is 6.28. The predicted molar refractivity (Wildman–Crippen MR) is 95.8 cm³/mol. The van der Waals surface area contributed by atoms with Crippen molar-refractivity contribution in [3.8, 4) is 0 Å². The SMILES string of the molecule is CCOC1CC(N)(C(=O)NCCCNc2ccc(C)cn2)C1(C)C. The van der Waals surface area contributed by atoms with Gasteiger partial charge in [0.15, 0.2) is 0 Å². The largest absolute Gasteiger partial charge is 0.378 e. The van der Waals surface area contributed by atoms with Crippen molar-refractivity contribution in [3.05, 3.63) is 23.9 Å². The minimum atomic E-state index is -0.848. The van der Waals surface area contributed by atoms with Gasteiger partial charge in [-0.25, -0.2) is 4.98 Å². The van der Waals surface area contributed by atoms with E-state index in [-0.39, 0.29) is 17.4 Å². The third-order valence-electron chi connectivity index (χ3n) is 5.09. The molecule has 0 aromatic carbocycles. The molecule has 1 aliphatic carbocycles. The van der Waals surface area contributed by atoms with E-state index in [0.717, 1.165) is 24.3 Å². The standard InChI is InChI=1S/C18H30N4O2/c1-5-24-14-11-18(19,17(14,3)4)16(23)21-10-6-9-20-15-8-7-13(2)12-22-15/h7-8,12,14H,5-6,9-11,19H2,1-4H3,(H,20,22)(H,21,23). The summed E-state index contributed by atoms with van der Waals surface area (Å²) in [7, 11) is 0. The normalized spacial score (nSPS) is 25.0. The maximum absolute atomic E-state index is 12.5. The molecule has 0 radical (unpaired) electrons. The molecule has 0 bridgehead atoms. The van der Waals surface area contributed by atoms with Crippen LogP contribution in [0.3, 0.4) is 0 Å². The van der Waals surface area contributed by atoms with Crippen molar-refractivity contribution in [3.63, 3.8) is 0 Å². The van der Waals surface area contributed by atoms with Crippen LogP contribution in [0.15, 0.2) is 18.3 Å². The number of aryl methyl sites for hydroxylation is 1. The van der Waals surface area contributed by atoms with Crippen LogP contribution in [0.5, 0.6) is 0 Å². The fourth-order valence-corrected chi connectivity index (χ4v) is 3.06. The highest BCUT2D eigenvalue weighted by Crippen LogP contribution is 2.49. The van der Waals surface area contributed by atoms with Crippen LogP contribution >= 0.6 is 0 Å². The molecule has 2 unspecified atom stereocenters. The molecule has 0 aliphatic heterocycles. The quantitative estimate of drug-likeness (QED) is 0.631. The van der Waals surface area contributed by atoms with Gasteiger partial charge in [-0.1, -0.05) is 19.9 Å². The molecule has 1 saturated carbocycles. The minimum absolute atomic E-state index is 0.0486. The Morgan fingerprint density at radius 3 is 2.75 bits per heavy atom. The van der Waals surface area contributed by atoms with Gasteiger partial charge in [0.25, 0.3) is 0 Å². The second kappa shape index (κ2) is 7.49. The Balaban J connectivity index is 1.71. The van der Waals surface area contributed by atoms with E-state index in [0.29, 0.717) is 19.6 Å². The number of amides is 1. The highest BCUT2D eigenvalue weighted by Gasteiger charge is 2.62. The fourth-order valence-electron chi connectivity index (χ4n) is 3.06. The first kappa shape index (κ1) is 18.7. The molecule has 1 aliphatic rings. The summed E-state index contributed by atoms with van der Waals surface area (Å²) in [6, 6.07) is 3.97. The van der Waals surface area contributed by atoms with Crippen LogP contribution < -0.4 is 16.4 Å². The molecule has 2 atom stereocenters. The molecule has 4 N–H and O–H groups in total. The van der Waals surface area contributed by atoms with Crippen LogP contribution in [0.2, 0.25) is 0 Å². The van der Waals surface area contributed by atoms with Gasteiger partial charge >= 0.3 is 0 Å². The van der Waals surface area contributed by atoms with E-state index in [1.54, 1.807) is 0 Å². The monoisotopic (exact) mass is 334 g/mol. The van der Waals surface area contributed by atoms with E-state index in [1.807, 2.05) is 46.0 Å². The number of nitrogens with two attached hydrogens (primary N) is 1. The lowest BCUT2D eigenvalue weighted by molar-refractivity contribution is -0.170. The van der Waals surface area contributed by atoms with Gasteiger partial charge < -0.3 is 21.1 Å². The molecular formula is C18H30N4O2. The van der Waals surface area contributed by atoms with E-state index >= 15 is 0 Å². The topological polar surface area (TPSA) is 89.3 Å². The number of rotatable bonds is 8. The van der Waals surface area contributed by atoms with Crippen LogP contribution in [0, 0.1) is 12.3 Å². The molecule has 0 saturated heterocycles. The lowest BCUT2D eigenvalue weighted by Crippen LogP contribution is -2.75. The van der Waals surface area contributed by atoms with Crippen molar-refractivity contribution in [2.45, 2.75) is 52.2 Å². The van der Waals surface area contributed by atoms with Gasteiger partial charge in [-0.2, -0.15) is 0 Å². The number of pyridine rings is 1. The molecule has 24 heavy (non-hydrogen) atoms. The zero-order valence-electron chi connectivity index (χ0n) is 15.2. The number of hydrogen-bond acceptors (Lipinski definition) is 5. The number of aromatic nitrogens is 1. The van der Waals surface area contributed by atoms with Crippen LogP contribution in [0.4, 0.5) is 5.82 Å².